The van der Waals surface area contributed by atoms with Gasteiger partial charge in [0.05, 0.1) is 12.7 Å². The highest BCUT2D eigenvalue weighted by molar-refractivity contribution is 6.33. The second kappa shape index (κ2) is 15.6. The molecule has 1 heterocycles. The number of piperidine rings is 1. The lowest BCUT2D eigenvalue weighted by atomic mass is 9.72. The highest BCUT2D eigenvalue weighted by atomic mass is 35.5. The van der Waals surface area contributed by atoms with E-state index in [1.165, 1.54) is 12.7 Å². The molecule has 0 aromatic heterocycles. The van der Waals surface area contributed by atoms with Crippen LogP contribution in [0.2, 0.25) is 5.02 Å². The zero-order valence-electron chi connectivity index (χ0n) is 26.4. The number of hydrogen-bond acceptors (Lipinski definition) is 5. The zero-order valence-corrected chi connectivity index (χ0v) is 27.2. The Hall–Kier alpha value is -3.39. The Morgan fingerprint density at radius 2 is 1.86 bits per heavy atom. The van der Waals surface area contributed by atoms with Crippen molar-refractivity contribution in [2.75, 3.05) is 33.8 Å². The van der Waals surface area contributed by atoms with Crippen molar-refractivity contribution < 1.29 is 19.4 Å². The molecule has 0 bridgehead atoms. The third-order valence-electron chi connectivity index (χ3n) is 8.84. The van der Waals surface area contributed by atoms with Gasteiger partial charge in [0.1, 0.15) is 0 Å². The first-order valence-electron chi connectivity index (χ1n) is 15.7. The van der Waals surface area contributed by atoms with Crippen LogP contribution in [0.15, 0.2) is 60.7 Å². The van der Waals surface area contributed by atoms with Crippen LogP contribution in [-0.2, 0) is 29.7 Å². The van der Waals surface area contributed by atoms with E-state index in [-0.39, 0.29) is 11.8 Å². The van der Waals surface area contributed by atoms with Crippen LogP contribution in [0.25, 0.3) is 11.1 Å². The summed E-state index contributed by atoms with van der Waals surface area (Å²) < 4.78 is 4.74. The normalized spacial score (nSPS) is 16.3. The van der Waals surface area contributed by atoms with Crippen LogP contribution in [0.3, 0.4) is 0 Å². The lowest BCUT2D eigenvalue weighted by Gasteiger charge is -2.44. The van der Waals surface area contributed by atoms with E-state index in [0.29, 0.717) is 37.5 Å². The molecule has 2 atom stereocenters. The topological polar surface area (TPSA) is 90.9 Å². The number of nitrogens with one attached hydrogen (secondary N) is 2. The van der Waals surface area contributed by atoms with Gasteiger partial charge in [0.15, 0.2) is 0 Å². The summed E-state index contributed by atoms with van der Waals surface area (Å²) in [4.78, 5) is 27.6. The number of aliphatic hydroxyl groups is 1. The second-order valence-corrected chi connectivity index (χ2v) is 12.0. The smallest absolute Gasteiger partial charge is 0.406 e. The lowest BCUT2D eigenvalue weighted by Crippen LogP contribution is -2.48. The third-order valence-corrected chi connectivity index (χ3v) is 9.15. The molecular formula is C36H46ClN3O4. The third kappa shape index (κ3) is 7.63. The van der Waals surface area contributed by atoms with Crippen LogP contribution >= 0.6 is 11.6 Å². The van der Waals surface area contributed by atoms with E-state index < -0.39 is 11.7 Å². The molecule has 236 valence electrons. The Kier molecular flexibility index (Phi) is 11.8. The summed E-state index contributed by atoms with van der Waals surface area (Å²) in [7, 11) is 3.25. The molecule has 0 aliphatic carbocycles. The fourth-order valence-corrected chi connectivity index (χ4v) is 6.77. The fraction of sp³-hybridized carbons (Fsp3) is 0.444. The molecule has 4 rings (SSSR count). The predicted molar refractivity (Wildman–Crippen MR) is 177 cm³/mol. The minimum atomic E-state index is -1.30. The van der Waals surface area contributed by atoms with Crippen molar-refractivity contribution >= 4 is 23.6 Å². The molecular weight excluding hydrogens is 574 g/mol. The van der Waals surface area contributed by atoms with E-state index >= 15 is 0 Å². The number of rotatable bonds is 12. The number of methoxy groups -OCH3 is 1. The number of halogens is 1. The minimum absolute atomic E-state index is 0.000713. The molecule has 0 radical (unpaired) electrons. The van der Waals surface area contributed by atoms with Crippen molar-refractivity contribution in [3.05, 3.63) is 93.5 Å². The summed E-state index contributed by atoms with van der Waals surface area (Å²) in [5.41, 5.74) is 5.29. The van der Waals surface area contributed by atoms with Crippen molar-refractivity contribution in [2.24, 2.45) is 5.92 Å². The molecule has 0 saturated carbocycles. The molecule has 44 heavy (non-hydrogen) atoms. The van der Waals surface area contributed by atoms with Gasteiger partial charge in [-0.1, -0.05) is 74.0 Å². The summed E-state index contributed by atoms with van der Waals surface area (Å²) in [6.07, 6.45) is 3.57. The highest BCUT2D eigenvalue weighted by Gasteiger charge is 2.43. The van der Waals surface area contributed by atoms with Gasteiger partial charge in [-0.15, -0.1) is 0 Å². The zero-order chi connectivity index (χ0) is 31.7. The number of likely N-dealkylation sites (tertiary alicyclic amines) is 1. The molecule has 1 fully saturated rings. The lowest BCUT2D eigenvalue weighted by molar-refractivity contribution is -0.0563. The number of carbonyl (C=O) groups excluding carboxylic acids is 2. The minimum Gasteiger partial charge on any atom is -0.453 e. The predicted octanol–water partition coefficient (Wildman–Crippen LogP) is 6.73. The van der Waals surface area contributed by atoms with Crippen molar-refractivity contribution in [1.29, 1.82) is 0 Å². The summed E-state index contributed by atoms with van der Waals surface area (Å²) in [5, 5.41) is 19.3. The van der Waals surface area contributed by atoms with Gasteiger partial charge in [0, 0.05) is 48.2 Å². The quantitative estimate of drug-likeness (QED) is 0.196. The SMILES string of the molecule is CCc1cccc(-c2c(Cl)cccc2C(O)(CCCNC(=O)OC)[C@@H]2CCCN(C(=O)c3ccc(CNC)cc3CC)C2)c1. The molecule has 3 N–H and O–H groups in total. The molecule has 3 aromatic rings. The van der Waals surface area contributed by atoms with Gasteiger partial charge in [0.25, 0.3) is 5.91 Å². The Labute approximate surface area is 267 Å². The van der Waals surface area contributed by atoms with Crippen molar-refractivity contribution in [2.45, 2.75) is 64.5 Å². The number of alkyl carbamates (subject to hydrolysis) is 1. The fourth-order valence-electron chi connectivity index (χ4n) is 6.49. The monoisotopic (exact) mass is 619 g/mol. The van der Waals surface area contributed by atoms with Gasteiger partial charge in [-0.05, 0) is 85.5 Å². The van der Waals surface area contributed by atoms with E-state index in [0.717, 1.165) is 65.6 Å². The number of aryl methyl sites for hydroxylation is 2. The Morgan fingerprint density at radius 3 is 2.59 bits per heavy atom. The molecule has 8 heteroatoms. The van der Waals surface area contributed by atoms with E-state index in [1.54, 1.807) is 0 Å². The Balaban J connectivity index is 1.71. The van der Waals surface area contributed by atoms with Gasteiger partial charge in [-0.2, -0.15) is 0 Å². The van der Waals surface area contributed by atoms with Crippen molar-refractivity contribution in [3.63, 3.8) is 0 Å². The molecule has 3 aromatic carbocycles. The maximum Gasteiger partial charge on any atom is 0.406 e. The van der Waals surface area contributed by atoms with Crippen LogP contribution in [0, 0.1) is 5.92 Å². The maximum atomic E-state index is 14.0. The van der Waals surface area contributed by atoms with Gasteiger partial charge in [-0.3, -0.25) is 4.79 Å². The van der Waals surface area contributed by atoms with E-state index in [4.69, 9.17) is 16.3 Å². The van der Waals surface area contributed by atoms with Gasteiger partial charge >= 0.3 is 6.09 Å². The van der Waals surface area contributed by atoms with Crippen LogP contribution < -0.4 is 10.6 Å². The molecule has 1 saturated heterocycles. The highest BCUT2D eigenvalue weighted by Crippen LogP contribution is 2.46. The van der Waals surface area contributed by atoms with E-state index in [9.17, 15) is 14.7 Å². The molecule has 1 aliphatic heterocycles. The van der Waals surface area contributed by atoms with Gasteiger partial charge < -0.3 is 25.4 Å². The summed E-state index contributed by atoms with van der Waals surface area (Å²) in [6, 6.07) is 20.0. The average Bonchev–Trinajstić information content (AvgIpc) is 3.06. The van der Waals surface area contributed by atoms with Crippen LogP contribution in [0.1, 0.15) is 72.1 Å². The molecule has 0 spiro atoms. The number of nitrogens with zero attached hydrogens (tertiary/aromatic N) is 1. The molecule has 1 aliphatic rings. The van der Waals surface area contributed by atoms with Crippen LogP contribution in [0.4, 0.5) is 4.79 Å². The van der Waals surface area contributed by atoms with Gasteiger partial charge in [0.2, 0.25) is 0 Å². The van der Waals surface area contributed by atoms with Crippen molar-refractivity contribution in [1.82, 2.24) is 15.5 Å². The summed E-state index contributed by atoms with van der Waals surface area (Å²) >= 11 is 6.90. The first-order chi connectivity index (χ1) is 21.2. The molecule has 1 unspecified atom stereocenters. The largest absolute Gasteiger partial charge is 0.453 e. The summed E-state index contributed by atoms with van der Waals surface area (Å²) in [5.74, 6) is -0.238. The Bertz CT molecular complexity index is 1440. The number of ether oxygens (including phenoxy) is 1. The van der Waals surface area contributed by atoms with Crippen molar-refractivity contribution in [3.8, 4) is 11.1 Å². The standard InChI is InChI=1S/C36H46ClN3O4/c1-5-25-11-7-12-28(21-25)33-31(14-8-15-32(33)37)36(43,18-10-19-39-35(42)44-4)29-13-9-20-40(24-29)34(41)30-17-16-26(23-38-3)22-27(30)6-2/h7-8,11-12,14-17,21-22,29,38,43H,5-6,9-10,13,18-20,23-24H2,1-4H3,(H,39,42)/t29-,36?/m1/s1. The maximum absolute atomic E-state index is 14.0. The second-order valence-electron chi connectivity index (χ2n) is 11.6. The molecule has 2 amide bonds. The van der Waals surface area contributed by atoms with Crippen LogP contribution in [0.5, 0.6) is 0 Å². The first kappa shape index (κ1) is 33.5. The number of carbonyl (C=O) groups is 2. The number of hydrogen-bond donors (Lipinski definition) is 3. The average molecular weight is 620 g/mol. The van der Waals surface area contributed by atoms with E-state index in [2.05, 4.69) is 42.7 Å². The Morgan fingerprint density at radius 1 is 1.07 bits per heavy atom. The molecule has 7 nitrogen and oxygen atoms in total. The number of amides is 2. The summed E-state index contributed by atoms with van der Waals surface area (Å²) in [6.45, 7) is 6.34. The number of benzene rings is 3. The first-order valence-corrected chi connectivity index (χ1v) is 16.1. The van der Waals surface area contributed by atoms with Gasteiger partial charge in [-0.25, -0.2) is 4.79 Å². The van der Waals surface area contributed by atoms with Crippen LogP contribution in [-0.4, -0.2) is 55.8 Å². The van der Waals surface area contributed by atoms with E-state index in [1.807, 2.05) is 54.4 Å².